The number of hydrogen-bond acceptors (Lipinski definition) is 13. The minimum Gasteiger partial charge on any atom is -0.507 e. The second-order valence-corrected chi connectivity index (χ2v) is 15.5. The number of rotatable bonds is 12. The Morgan fingerprint density at radius 3 is 2.17 bits per heavy atom. The van der Waals surface area contributed by atoms with Crippen LogP contribution in [0, 0.1) is 11.8 Å². The minimum absolute atomic E-state index is 0.0246. The van der Waals surface area contributed by atoms with Crippen LogP contribution in [-0.2, 0) is 15.1 Å². The number of anilines is 1. The van der Waals surface area contributed by atoms with E-state index in [-0.39, 0.29) is 46.3 Å². The number of thioether (sulfide) groups is 1. The van der Waals surface area contributed by atoms with Gasteiger partial charge in [-0.05, 0) is 71.4 Å². The molecule has 0 bridgehead atoms. The van der Waals surface area contributed by atoms with Crippen molar-refractivity contribution in [1.82, 2.24) is 5.32 Å². The van der Waals surface area contributed by atoms with Gasteiger partial charge in [0.15, 0.2) is 38.7 Å². The summed E-state index contributed by atoms with van der Waals surface area (Å²) in [6, 6.07) is 16.8. The van der Waals surface area contributed by atoms with Crippen LogP contribution in [0.5, 0.6) is 28.7 Å². The second kappa shape index (κ2) is 16.7. The monoisotopic (exact) mass is 805 g/mol. The number of phenolic OH excluding ortho intramolecular Hbond substituents is 3. The van der Waals surface area contributed by atoms with E-state index >= 15 is 0 Å². The van der Waals surface area contributed by atoms with E-state index in [9.17, 15) is 50.1 Å². The van der Waals surface area contributed by atoms with Crippen molar-refractivity contribution in [1.29, 1.82) is 0 Å². The van der Waals surface area contributed by atoms with Crippen LogP contribution in [0.2, 0.25) is 0 Å². The number of aliphatic hydroxyl groups is 4. The zero-order valence-electron chi connectivity index (χ0n) is 32.5. The summed E-state index contributed by atoms with van der Waals surface area (Å²) >= 11 is 1.14. The molecule has 0 aromatic heterocycles. The van der Waals surface area contributed by atoms with Crippen molar-refractivity contribution in [3.63, 3.8) is 0 Å². The number of aromatic hydroxyl groups is 3. The molecule has 10 N–H and O–H groups in total. The number of carbonyl (C=O) groups is 3. The first-order valence-corrected chi connectivity index (χ1v) is 18.9. The van der Waals surface area contributed by atoms with Crippen LogP contribution in [0.3, 0.4) is 0 Å². The Balaban J connectivity index is 1.41. The maximum Gasteiger partial charge on any atom is 0.266 e. The normalized spacial score (nSPS) is 17.3. The van der Waals surface area contributed by atoms with Gasteiger partial charge < -0.3 is 56.3 Å². The van der Waals surface area contributed by atoms with Gasteiger partial charge in [-0.25, -0.2) is 0 Å². The number of ether oxygens (including phenoxy) is 2. The molecule has 4 atom stereocenters. The van der Waals surface area contributed by atoms with Crippen LogP contribution in [0.15, 0.2) is 66.7 Å². The van der Waals surface area contributed by atoms with E-state index in [1.165, 1.54) is 50.9 Å². The molecule has 15 nitrogen and oxygen atoms in total. The van der Waals surface area contributed by atoms with Crippen LogP contribution < -0.4 is 36.3 Å². The largest absolute Gasteiger partial charge is 0.507 e. The van der Waals surface area contributed by atoms with Gasteiger partial charge in [-0.1, -0.05) is 36.1 Å². The van der Waals surface area contributed by atoms with Crippen molar-refractivity contribution >= 4 is 85.3 Å². The van der Waals surface area contributed by atoms with Crippen molar-refractivity contribution in [2.45, 2.75) is 41.0 Å². The van der Waals surface area contributed by atoms with E-state index in [2.05, 4.69) is 17.2 Å². The maximum absolute atomic E-state index is 14.1. The maximum atomic E-state index is 14.1. The SMILES string of the molecule is Bc1c(B)c(O)c(C#Cc2ccc([C@@H]3S[C@H](CC(=O)NC(B)(O)C(B)(O)c4ccc(OC(B)(O)O)c(OCC)c4)C(=O)N3c3cccc(C(N)=O)c3)cc2)c(O)c1O. The molecule has 1 aliphatic heterocycles. The Bertz CT molecular complexity index is 2300. The van der Waals surface area contributed by atoms with E-state index in [0.29, 0.717) is 27.7 Å². The van der Waals surface area contributed by atoms with Crippen LogP contribution in [0.1, 0.15) is 51.3 Å². The van der Waals surface area contributed by atoms with Crippen molar-refractivity contribution < 1.29 is 59.6 Å². The zero-order valence-corrected chi connectivity index (χ0v) is 33.3. The topological polar surface area (TPSA) is 253 Å². The smallest absolute Gasteiger partial charge is 0.266 e. The van der Waals surface area contributed by atoms with E-state index < -0.39 is 57.5 Å². The van der Waals surface area contributed by atoms with Crippen molar-refractivity contribution in [2.24, 2.45) is 5.73 Å². The molecule has 2 unspecified atom stereocenters. The lowest BCUT2D eigenvalue weighted by Crippen LogP contribution is -2.64. The van der Waals surface area contributed by atoms with Gasteiger partial charge >= 0.3 is 0 Å². The summed E-state index contributed by atoms with van der Waals surface area (Å²) in [5.41, 5.74) is 3.25. The van der Waals surface area contributed by atoms with Gasteiger partial charge in [0, 0.05) is 23.2 Å². The van der Waals surface area contributed by atoms with E-state index in [1.807, 2.05) is 0 Å². The summed E-state index contributed by atoms with van der Waals surface area (Å²) in [6.45, 7) is 1.83. The summed E-state index contributed by atoms with van der Waals surface area (Å²) < 4.78 is 10.7. The van der Waals surface area contributed by atoms with Gasteiger partial charge in [0.2, 0.25) is 25.6 Å². The third-order valence-electron chi connectivity index (χ3n) is 9.76. The van der Waals surface area contributed by atoms with E-state index in [0.717, 1.165) is 19.6 Å². The number of benzene rings is 4. The highest BCUT2D eigenvalue weighted by Gasteiger charge is 2.47. The molecule has 21 heteroatoms. The Labute approximate surface area is 342 Å². The minimum atomic E-state index is -2.53. The molecule has 0 radical (unpaired) electrons. The average Bonchev–Trinajstić information content (AvgIpc) is 3.47. The van der Waals surface area contributed by atoms with Crippen molar-refractivity contribution in [3.8, 4) is 40.6 Å². The number of phenols is 3. The molecular weight excluding hydrogens is 765 g/mol. The second-order valence-electron chi connectivity index (χ2n) is 14.2. The Morgan fingerprint density at radius 2 is 1.55 bits per heavy atom. The standard InChI is InChI=1S/C37H40B5N3O12S/c1-2-56-24-15-20(11-13-23(24)57-37(42,54)55)35(40,52)36(41,53)44-26(46)16-25-33(51)45(21-5-3-4-19(14-21)32(43)50)34(58-25)18-9-6-17(7-10-18)8-12-22-29(47)27(38)28(39)31(49)30(22)48/h3-7,9-11,13-15,25,34,47-49,52-55H,2,16,38-42H2,1H3,(H2,43,50)(H,44,46)/t25-,34+,35?,36?/m1/s1. The predicted molar refractivity (Wildman–Crippen MR) is 229 cm³/mol. The average molecular weight is 805 g/mol. The molecule has 1 heterocycles. The van der Waals surface area contributed by atoms with Gasteiger partial charge in [-0.3, -0.25) is 19.3 Å². The fourth-order valence-electron chi connectivity index (χ4n) is 6.18. The van der Waals surface area contributed by atoms with Gasteiger partial charge in [0.1, 0.15) is 38.0 Å². The summed E-state index contributed by atoms with van der Waals surface area (Å²) in [4.78, 5) is 41.2. The molecular formula is C37H40B5N3O12S. The number of primary amides is 1. The van der Waals surface area contributed by atoms with Crippen LogP contribution >= 0.6 is 11.8 Å². The summed E-state index contributed by atoms with van der Waals surface area (Å²) in [7, 11) is 6.57. The lowest BCUT2D eigenvalue weighted by Gasteiger charge is -2.40. The van der Waals surface area contributed by atoms with Gasteiger partial charge in [0.25, 0.3) is 5.87 Å². The Hall–Kier alpha value is -5.64. The van der Waals surface area contributed by atoms with Crippen molar-refractivity contribution in [3.05, 3.63) is 94.5 Å². The molecule has 0 saturated carbocycles. The number of hydrogen-bond donors (Lipinski definition) is 9. The highest BCUT2D eigenvalue weighted by Crippen LogP contribution is 2.47. The summed E-state index contributed by atoms with van der Waals surface area (Å²) in [5.74, 6) is -0.180. The molecule has 0 aliphatic carbocycles. The highest BCUT2D eigenvalue weighted by atomic mass is 32.2. The Morgan fingerprint density at radius 1 is 0.897 bits per heavy atom. The first-order valence-electron chi connectivity index (χ1n) is 18.0. The molecule has 1 saturated heterocycles. The lowest BCUT2D eigenvalue weighted by atomic mass is 9.60. The number of nitrogens with one attached hydrogen (secondary N) is 1. The first-order chi connectivity index (χ1) is 27.1. The fourth-order valence-corrected chi connectivity index (χ4v) is 7.63. The third-order valence-corrected chi connectivity index (χ3v) is 11.2. The van der Waals surface area contributed by atoms with Gasteiger partial charge in [-0.15, -0.1) is 11.8 Å². The van der Waals surface area contributed by atoms with Gasteiger partial charge in [-0.2, -0.15) is 0 Å². The number of carbonyl (C=O) groups excluding carboxylic acids is 3. The molecule has 5 rings (SSSR count). The molecule has 296 valence electrons. The van der Waals surface area contributed by atoms with E-state index in [4.69, 9.17) is 15.2 Å². The molecule has 3 amide bonds. The van der Waals surface area contributed by atoms with Crippen LogP contribution in [-0.4, -0.2) is 116 Å². The molecule has 1 fully saturated rings. The predicted octanol–water partition coefficient (Wildman–Crippen LogP) is -4.76. The summed E-state index contributed by atoms with van der Waals surface area (Å²) in [6.07, 6.45) is -0.430. The van der Waals surface area contributed by atoms with Gasteiger partial charge in [0.05, 0.1) is 17.4 Å². The molecule has 4 aromatic carbocycles. The lowest BCUT2D eigenvalue weighted by molar-refractivity contribution is -0.224. The quantitative estimate of drug-likeness (QED) is 0.0215. The molecule has 58 heavy (non-hydrogen) atoms. The fraction of sp³-hybridized carbons (Fsp3) is 0.216. The third kappa shape index (κ3) is 9.06. The number of nitrogens with zero attached hydrogens (tertiary/aromatic N) is 1. The zero-order chi connectivity index (χ0) is 42.9. The number of amides is 3. The number of nitrogens with two attached hydrogens (primary N) is 1. The van der Waals surface area contributed by atoms with Crippen LogP contribution in [0.4, 0.5) is 5.69 Å². The van der Waals surface area contributed by atoms with Crippen LogP contribution in [0.25, 0.3) is 0 Å². The van der Waals surface area contributed by atoms with E-state index in [1.54, 1.807) is 59.0 Å². The Kier molecular flexibility index (Phi) is 12.5. The highest BCUT2D eigenvalue weighted by molar-refractivity contribution is 8.01. The molecule has 0 spiro atoms. The molecule has 4 aromatic rings. The van der Waals surface area contributed by atoms with Crippen molar-refractivity contribution in [2.75, 3.05) is 11.5 Å². The first kappa shape index (κ1) is 43.5. The summed E-state index contributed by atoms with van der Waals surface area (Å²) in [5, 5.41) is 74.5. The molecule has 1 aliphatic rings.